The fraction of sp³-hybridized carbons (Fsp3) is 0.786. The van der Waals surface area contributed by atoms with Gasteiger partial charge >= 0.3 is 26.7 Å². The second-order valence-electron chi connectivity index (χ2n) is 11.0. The van der Waals surface area contributed by atoms with Gasteiger partial charge in [0.15, 0.2) is 0 Å². The maximum Gasteiger partial charge on any atom is 0.500 e. The molecule has 1 fully saturated rings. The third kappa shape index (κ3) is 19.5. The molecule has 1 heterocycles. The van der Waals surface area contributed by atoms with E-state index in [1.807, 2.05) is 0 Å². The van der Waals surface area contributed by atoms with Crippen molar-refractivity contribution in [3.63, 3.8) is 0 Å². The van der Waals surface area contributed by atoms with Crippen LogP contribution in [0.3, 0.4) is 0 Å². The molecule has 0 radical (unpaired) electrons. The number of carboxylic acid groups (broad SMARTS) is 3. The summed E-state index contributed by atoms with van der Waals surface area (Å²) in [5.74, 6) is -4.55. The first-order chi connectivity index (χ1) is 22.8. The van der Waals surface area contributed by atoms with Crippen molar-refractivity contribution in [2.24, 2.45) is 15.0 Å². The van der Waals surface area contributed by atoms with Crippen molar-refractivity contribution in [3.8, 4) is 0 Å². The third-order valence-electron chi connectivity index (χ3n) is 7.46. The molecule has 0 unspecified atom stereocenters. The molecule has 0 aromatic carbocycles. The molecule has 1 rings (SSSR count). The van der Waals surface area contributed by atoms with Gasteiger partial charge in [0.05, 0.1) is 32.7 Å². The van der Waals surface area contributed by atoms with E-state index in [4.69, 9.17) is 13.3 Å². The smallest absolute Gasteiger partial charge is 0.500 e. The van der Waals surface area contributed by atoms with E-state index in [2.05, 4.69) is 15.0 Å². The van der Waals surface area contributed by atoms with E-state index >= 15 is 0 Å². The quantitative estimate of drug-likeness (QED) is 0.0443. The maximum absolute atomic E-state index is 12.7. The number of hydrogen-bond acceptors (Lipinski definition) is 16. The Morgan fingerprint density at radius 1 is 0.562 bits per heavy atom. The molecule has 0 aliphatic carbocycles. The summed E-state index contributed by atoms with van der Waals surface area (Å²) in [5.41, 5.74) is 0. The Kier molecular flexibility index (Phi) is 21.4. The largest absolute Gasteiger partial charge is 0.862 e. The fourth-order valence-corrected chi connectivity index (χ4v) is 6.51. The van der Waals surface area contributed by atoms with Crippen LogP contribution < -0.4 is 15.3 Å². The molecule has 1 aliphatic heterocycles. The molecule has 0 aromatic heterocycles. The highest BCUT2D eigenvalue weighted by Gasteiger charge is 2.36. The Bertz CT molecular complexity index is 1040. The van der Waals surface area contributed by atoms with E-state index in [-0.39, 0.29) is 111 Å². The summed E-state index contributed by atoms with van der Waals surface area (Å²) in [5, 5.41) is 64.7. The molecule has 0 saturated carbocycles. The standard InChI is InChI=1S/C28H53N7O12Si/c1-45-48(46-2,47-3)18-4-7-29-23(36)5-6-24(37)30-8-9-31-25(38)19-32-10-12-33(20-26(39)40)14-16-35(22-28(43)44)17-15-34(13-11-32)21-27(41)42/h4-22H2,1-3H3,(H,29,36)(H,30,37)(H,31,38)(H,39,40)(H,41,42)(H,43,44)/p-3. The lowest BCUT2D eigenvalue weighted by Gasteiger charge is -2.33. The number of aliphatic imine (C=N–C) groups is 3. The zero-order chi connectivity index (χ0) is 36.0. The van der Waals surface area contributed by atoms with Crippen LogP contribution in [0.25, 0.3) is 0 Å². The normalized spacial score (nSPS) is 17.9. The van der Waals surface area contributed by atoms with Gasteiger partial charge in [-0.05, 0) is 37.0 Å². The summed E-state index contributed by atoms with van der Waals surface area (Å²) in [4.78, 5) is 52.6. The zero-order valence-electron chi connectivity index (χ0n) is 28.1. The highest BCUT2D eigenvalue weighted by atomic mass is 28.4. The number of nitrogens with zero attached hydrogens (tertiary/aromatic N) is 7. The van der Waals surface area contributed by atoms with Crippen molar-refractivity contribution in [3.05, 3.63) is 0 Å². The molecule has 0 aromatic rings. The predicted molar refractivity (Wildman–Crippen MR) is 171 cm³/mol. The van der Waals surface area contributed by atoms with Gasteiger partial charge in [-0.3, -0.25) is 34.0 Å². The summed E-state index contributed by atoms with van der Waals surface area (Å²) < 4.78 is 15.9. The van der Waals surface area contributed by atoms with Crippen molar-refractivity contribution < 1.29 is 58.3 Å². The second kappa shape index (κ2) is 24.0. The molecule has 0 atom stereocenters. The summed E-state index contributed by atoms with van der Waals surface area (Å²) in [6, 6.07) is 0.489. The van der Waals surface area contributed by atoms with Gasteiger partial charge in [0.1, 0.15) is 0 Å². The molecular weight excluding hydrogens is 654 g/mol. The van der Waals surface area contributed by atoms with Gasteiger partial charge in [0.2, 0.25) is 0 Å². The van der Waals surface area contributed by atoms with Crippen molar-refractivity contribution >= 4 is 44.4 Å². The molecule has 1 aliphatic rings. The Hall–Kier alpha value is -3.24. The van der Waals surface area contributed by atoms with Gasteiger partial charge in [-0.1, -0.05) is 0 Å². The number of aliphatic carboxylic acids is 3. The van der Waals surface area contributed by atoms with Gasteiger partial charge in [-0.2, -0.15) is 0 Å². The topological polar surface area (TPSA) is 259 Å². The van der Waals surface area contributed by atoms with Crippen LogP contribution in [0.2, 0.25) is 6.04 Å². The second-order valence-corrected chi connectivity index (χ2v) is 14.1. The first kappa shape index (κ1) is 42.8. The average Bonchev–Trinajstić information content (AvgIpc) is 3.03. The Balaban J connectivity index is 2.71. The number of carboxylic acids is 3. The van der Waals surface area contributed by atoms with Crippen LogP contribution >= 0.6 is 0 Å². The van der Waals surface area contributed by atoms with Gasteiger partial charge in [0, 0.05) is 92.8 Å². The number of carbonyl (C=O) groups is 3. The van der Waals surface area contributed by atoms with E-state index < -0.39 is 44.4 Å². The summed E-state index contributed by atoms with van der Waals surface area (Å²) >= 11 is 0. The highest BCUT2D eigenvalue weighted by molar-refractivity contribution is 6.60. The monoisotopic (exact) mass is 704 g/mol. The SMILES string of the molecule is CO[Si](CCCN=C([O-])CCC([O-])=NCCN=C([O-])CN1CCN(CC(=O)O)CCN(CC(=O)O)CCN(CC(=O)O)CC1)(OC)OC. The van der Waals surface area contributed by atoms with Gasteiger partial charge < -0.3 is 58.9 Å². The Morgan fingerprint density at radius 3 is 1.21 bits per heavy atom. The van der Waals surface area contributed by atoms with Crippen molar-refractivity contribution in [2.75, 3.05) is 120 Å². The molecule has 20 heteroatoms. The van der Waals surface area contributed by atoms with Crippen LogP contribution in [0, 0.1) is 0 Å². The molecule has 1 saturated heterocycles. The first-order valence-electron chi connectivity index (χ1n) is 15.6. The summed E-state index contributed by atoms with van der Waals surface area (Å²) in [7, 11) is 1.77. The van der Waals surface area contributed by atoms with E-state index in [0.717, 1.165) is 0 Å². The van der Waals surface area contributed by atoms with Crippen LogP contribution in [-0.4, -0.2) is 199 Å². The first-order valence-corrected chi connectivity index (χ1v) is 17.6. The maximum atomic E-state index is 12.7. The average molecular weight is 705 g/mol. The lowest BCUT2D eigenvalue weighted by atomic mass is 10.3. The van der Waals surface area contributed by atoms with Crippen molar-refractivity contribution in [1.29, 1.82) is 0 Å². The molecule has 0 spiro atoms. The molecule has 0 amide bonds. The van der Waals surface area contributed by atoms with Crippen LogP contribution in [0.15, 0.2) is 15.0 Å². The lowest BCUT2D eigenvalue weighted by molar-refractivity contribution is -0.226. The number of hydrogen-bond donors (Lipinski definition) is 3. The minimum Gasteiger partial charge on any atom is -0.862 e. The van der Waals surface area contributed by atoms with Crippen molar-refractivity contribution in [2.45, 2.75) is 25.3 Å². The summed E-state index contributed by atoms with van der Waals surface area (Å²) in [6.45, 7) is 1.39. The Morgan fingerprint density at radius 2 is 0.875 bits per heavy atom. The van der Waals surface area contributed by atoms with Crippen LogP contribution in [0.1, 0.15) is 19.3 Å². The molecule has 3 N–H and O–H groups in total. The fourth-order valence-electron chi connectivity index (χ4n) is 4.80. The van der Waals surface area contributed by atoms with E-state index in [1.54, 1.807) is 19.6 Å². The predicted octanol–water partition coefficient (Wildman–Crippen LogP) is -4.21. The van der Waals surface area contributed by atoms with Crippen LogP contribution in [0.5, 0.6) is 0 Å². The third-order valence-corrected chi connectivity index (χ3v) is 10.3. The highest BCUT2D eigenvalue weighted by Crippen LogP contribution is 2.14. The molecule has 48 heavy (non-hydrogen) atoms. The van der Waals surface area contributed by atoms with Crippen LogP contribution in [0.4, 0.5) is 0 Å². The van der Waals surface area contributed by atoms with Gasteiger partial charge in [-0.25, -0.2) is 0 Å². The van der Waals surface area contributed by atoms with Gasteiger partial charge in [0.25, 0.3) is 0 Å². The van der Waals surface area contributed by atoms with E-state index in [0.29, 0.717) is 12.5 Å². The zero-order valence-corrected chi connectivity index (χ0v) is 29.1. The van der Waals surface area contributed by atoms with Crippen molar-refractivity contribution in [1.82, 2.24) is 19.6 Å². The molecule has 0 bridgehead atoms. The molecular formula is C28H50N7O12Si-3. The summed E-state index contributed by atoms with van der Waals surface area (Å²) in [6.07, 6.45) is 0.308. The molecule has 19 nitrogen and oxygen atoms in total. The van der Waals surface area contributed by atoms with E-state index in [9.17, 15) is 45.0 Å². The minimum atomic E-state index is -2.74. The Labute approximate surface area is 282 Å². The van der Waals surface area contributed by atoms with Crippen LogP contribution in [-0.2, 0) is 27.7 Å². The lowest BCUT2D eigenvalue weighted by Crippen LogP contribution is -2.49. The number of rotatable bonds is 21. The minimum absolute atomic E-state index is 0.0424. The van der Waals surface area contributed by atoms with Gasteiger partial charge in [-0.15, -0.1) is 0 Å². The van der Waals surface area contributed by atoms with E-state index in [1.165, 1.54) is 21.3 Å². The molecule has 276 valence electrons.